The molecule has 4 nitrogen and oxygen atoms in total. The van der Waals surface area contributed by atoms with Gasteiger partial charge in [-0.25, -0.2) is 4.79 Å². The number of nitrogens with zero attached hydrogens (tertiary/aromatic N) is 1. The summed E-state index contributed by atoms with van der Waals surface area (Å²) in [5, 5.41) is 0. The summed E-state index contributed by atoms with van der Waals surface area (Å²) in [5.74, 6) is 1.39. The van der Waals surface area contributed by atoms with Gasteiger partial charge in [-0.15, -0.1) is 0 Å². The van der Waals surface area contributed by atoms with E-state index in [1.54, 1.807) is 0 Å². The fourth-order valence-electron chi connectivity index (χ4n) is 4.83. The van der Waals surface area contributed by atoms with Gasteiger partial charge in [0.05, 0.1) is 0 Å². The lowest BCUT2D eigenvalue weighted by Crippen LogP contribution is -2.62. The molecule has 0 aromatic rings. The number of likely N-dealkylation sites (tertiary alicyclic amines) is 1. The highest BCUT2D eigenvalue weighted by atomic mass is 16.6. The molecule has 1 aliphatic heterocycles. The van der Waals surface area contributed by atoms with Crippen molar-refractivity contribution in [3.63, 3.8) is 0 Å². The maximum atomic E-state index is 12.3. The van der Waals surface area contributed by atoms with E-state index in [1.165, 1.54) is 19.3 Å². The summed E-state index contributed by atoms with van der Waals surface area (Å²) in [7, 11) is 0. The van der Waals surface area contributed by atoms with E-state index in [9.17, 15) is 9.59 Å². The first-order valence-corrected chi connectivity index (χ1v) is 8.27. The molecule has 3 aliphatic rings. The molecule has 0 aromatic carbocycles. The Labute approximate surface area is 127 Å². The van der Waals surface area contributed by atoms with Gasteiger partial charge >= 0.3 is 6.09 Å². The van der Waals surface area contributed by atoms with Gasteiger partial charge in [0.25, 0.3) is 0 Å². The Morgan fingerprint density at radius 3 is 2.24 bits per heavy atom. The van der Waals surface area contributed by atoms with E-state index < -0.39 is 5.60 Å². The molecule has 0 aromatic heterocycles. The van der Waals surface area contributed by atoms with Crippen LogP contribution in [0.5, 0.6) is 0 Å². The average molecular weight is 293 g/mol. The van der Waals surface area contributed by atoms with Crippen LogP contribution in [-0.2, 0) is 9.53 Å². The number of carbonyl (C=O) groups is 2. The van der Waals surface area contributed by atoms with Crippen molar-refractivity contribution < 1.29 is 14.3 Å². The molecule has 3 fully saturated rings. The van der Waals surface area contributed by atoms with Crippen LogP contribution in [0.1, 0.15) is 52.9 Å². The van der Waals surface area contributed by atoms with Crippen molar-refractivity contribution in [1.29, 1.82) is 0 Å². The third kappa shape index (κ3) is 2.58. The van der Waals surface area contributed by atoms with Crippen LogP contribution < -0.4 is 0 Å². The van der Waals surface area contributed by atoms with Crippen molar-refractivity contribution in [2.24, 2.45) is 23.2 Å². The summed E-state index contributed by atoms with van der Waals surface area (Å²) in [6, 6.07) is 0. The number of hydrogen-bond donors (Lipinski definition) is 0. The Morgan fingerprint density at radius 2 is 1.76 bits per heavy atom. The van der Waals surface area contributed by atoms with E-state index in [0.29, 0.717) is 17.3 Å². The van der Waals surface area contributed by atoms with Gasteiger partial charge in [0.2, 0.25) is 0 Å². The third-order valence-corrected chi connectivity index (χ3v) is 5.74. The molecule has 21 heavy (non-hydrogen) atoms. The standard InChI is InChI=1S/C17H27NO3/c1-16(2,3)21-15(20)18-9-13-5-4-6-14(10-18)17(13)7-12(8-17)11-19/h11-14H,4-10H2,1-3H3. The molecule has 2 bridgehead atoms. The molecular weight excluding hydrogens is 266 g/mol. The first-order valence-electron chi connectivity index (χ1n) is 8.27. The van der Waals surface area contributed by atoms with Crippen LogP contribution in [-0.4, -0.2) is 36.0 Å². The maximum Gasteiger partial charge on any atom is 0.410 e. The zero-order valence-corrected chi connectivity index (χ0v) is 13.4. The van der Waals surface area contributed by atoms with E-state index in [2.05, 4.69) is 0 Å². The fraction of sp³-hybridized carbons (Fsp3) is 0.882. The smallest absolute Gasteiger partial charge is 0.410 e. The molecule has 1 heterocycles. The Hall–Kier alpha value is -1.06. The SMILES string of the molecule is CC(C)(C)OC(=O)N1CC2CCCC(C1)C21CC(C=O)C1. The summed E-state index contributed by atoms with van der Waals surface area (Å²) in [6.07, 6.45) is 6.72. The summed E-state index contributed by atoms with van der Waals surface area (Å²) < 4.78 is 5.54. The van der Waals surface area contributed by atoms with Crippen LogP contribution in [0.3, 0.4) is 0 Å². The Kier molecular flexibility index (Phi) is 3.53. The van der Waals surface area contributed by atoms with Crippen molar-refractivity contribution in [3.8, 4) is 0 Å². The molecule has 1 spiro atoms. The van der Waals surface area contributed by atoms with E-state index in [4.69, 9.17) is 4.74 Å². The predicted molar refractivity (Wildman–Crippen MR) is 79.9 cm³/mol. The lowest BCUT2D eigenvalue weighted by Gasteiger charge is -2.62. The molecule has 3 rings (SSSR count). The highest BCUT2D eigenvalue weighted by molar-refractivity contribution is 5.68. The summed E-state index contributed by atoms with van der Waals surface area (Å²) >= 11 is 0. The number of ether oxygens (including phenoxy) is 1. The number of carbonyl (C=O) groups excluding carboxylic acids is 2. The van der Waals surface area contributed by atoms with E-state index in [-0.39, 0.29) is 12.0 Å². The monoisotopic (exact) mass is 293 g/mol. The predicted octanol–water partition coefficient (Wildman–Crippen LogP) is 3.25. The number of rotatable bonds is 1. The molecule has 1 amide bonds. The Bertz CT molecular complexity index is 418. The Balaban J connectivity index is 1.69. The normalized spacial score (nSPS) is 38.8. The van der Waals surface area contributed by atoms with E-state index >= 15 is 0 Å². The van der Waals surface area contributed by atoms with E-state index in [0.717, 1.165) is 32.2 Å². The second-order valence-electron chi connectivity index (χ2n) is 8.25. The molecule has 1 saturated heterocycles. The van der Waals surface area contributed by atoms with Gasteiger partial charge in [0.15, 0.2) is 0 Å². The second kappa shape index (κ2) is 4.99. The first-order chi connectivity index (χ1) is 9.84. The summed E-state index contributed by atoms with van der Waals surface area (Å²) in [4.78, 5) is 25.2. The number of amides is 1. The number of hydrogen-bond acceptors (Lipinski definition) is 3. The van der Waals surface area contributed by atoms with Gasteiger partial charge in [0, 0.05) is 19.0 Å². The molecule has 2 saturated carbocycles. The second-order valence-corrected chi connectivity index (χ2v) is 8.25. The van der Waals surface area contributed by atoms with Crippen molar-refractivity contribution >= 4 is 12.4 Å². The zero-order valence-electron chi connectivity index (χ0n) is 13.4. The molecule has 0 radical (unpaired) electrons. The fourth-order valence-corrected chi connectivity index (χ4v) is 4.83. The Morgan fingerprint density at radius 1 is 1.19 bits per heavy atom. The topological polar surface area (TPSA) is 46.6 Å². The molecule has 2 unspecified atom stereocenters. The van der Waals surface area contributed by atoms with Crippen LogP contribution in [0.2, 0.25) is 0 Å². The highest BCUT2D eigenvalue weighted by Gasteiger charge is 2.58. The minimum absolute atomic E-state index is 0.166. The molecule has 0 N–H and O–H groups in total. The lowest BCUT2D eigenvalue weighted by atomic mass is 9.46. The van der Waals surface area contributed by atoms with Gasteiger partial charge in [-0.1, -0.05) is 6.42 Å². The zero-order chi connectivity index (χ0) is 15.3. The molecular formula is C17H27NO3. The van der Waals surface area contributed by atoms with Gasteiger partial charge in [-0.3, -0.25) is 0 Å². The van der Waals surface area contributed by atoms with Crippen LogP contribution in [0, 0.1) is 23.2 Å². The minimum atomic E-state index is -0.430. The number of aldehydes is 1. The maximum absolute atomic E-state index is 12.3. The largest absolute Gasteiger partial charge is 0.444 e. The van der Waals surface area contributed by atoms with Crippen LogP contribution >= 0.6 is 0 Å². The third-order valence-electron chi connectivity index (χ3n) is 5.74. The highest BCUT2D eigenvalue weighted by Crippen LogP contribution is 2.62. The molecule has 2 atom stereocenters. The molecule has 4 heteroatoms. The number of piperidine rings is 1. The van der Waals surface area contributed by atoms with Crippen LogP contribution in [0.4, 0.5) is 4.79 Å². The van der Waals surface area contributed by atoms with Crippen LogP contribution in [0.15, 0.2) is 0 Å². The quantitative estimate of drug-likeness (QED) is 0.697. The van der Waals surface area contributed by atoms with Gasteiger partial charge < -0.3 is 14.4 Å². The average Bonchev–Trinajstić information content (AvgIpc) is 2.31. The van der Waals surface area contributed by atoms with Crippen LogP contribution in [0.25, 0.3) is 0 Å². The van der Waals surface area contributed by atoms with Crippen molar-refractivity contribution in [2.45, 2.75) is 58.5 Å². The first kappa shape index (κ1) is 14.9. The van der Waals surface area contributed by atoms with Crippen molar-refractivity contribution in [1.82, 2.24) is 4.90 Å². The summed E-state index contributed by atoms with van der Waals surface area (Å²) in [5.41, 5.74) is -0.0806. The lowest BCUT2D eigenvalue weighted by molar-refractivity contribution is -0.147. The molecule has 2 aliphatic carbocycles. The summed E-state index contributed by atoms with van der Waals surface area (Å²) in [6.45, 7) is 7.38. The van der Waals surface area contributed by atoms with Gasteiger partial charge in [-0.2, -0.15) is 0 Å². The van der Waals surface area contributed by atoms with Crippen molar-refractivity contribution in [3.05, 3.63) is 0 Å². The van der Waals surface area contributed by atoms with E-state index in [1.807, 2.05) is 25.7 Å². The van der Waals surface area contributed by atoms with Crippen molar-refractivity contribution in [2.75, 3.05) is 13.1 Å². The molecule has 118 valence electrons. The van der Waals surface area contributed by atoms with Gasteiger partial charge in [0.1, 0.15) is 11.9 Å². The van der Waals surface area contributed by atoms with Gasteiger partial charge in [-0.05, 0) is 63.7 Å². The minimum Gasteiger partial charge on any atom is -0.444 e.